The van der Waals surface area contributed by atoms with Gasteiger partial charge < -0.3 is 4.42 Å². The predicted octanol–water partition coefficient (Wildman–Crippen LogP) is 2.07. The molecule has 5 heteroatoms. The van der Waals surface area contributed by atoms with Crippen molar-refractivity contribution < 1.29 is 18.4 Å². The molecule has 0 aliphatic carbocycles. The molecular formula is C15H10FNO3. The number of piperidine rings is 1. The molecule has 2 heterocycles. The summed E-state index contributed by atoms with van der Waals surface area (Å²) in [5.74, 6) is 0.571. The summed E-state index contributed by atoms with van der Waals surface area (Å²) >= 11 is 0. The Balaban J connectivity index is 2.16. The number of terminal acetylenes is 1. The third kappa shape index (κ3) is 1.77. The average molecular weight is 271 g/mol. The van der Waals surface area contributed by atoms with Gasteiger partial charge in [-0.2, -0.15) is 0 Å². The van der Waals surface area contributed by atoms with Crippen LogP contribution in [0.3, 0.4) is 0 Å². The predicted molar refractivity (Wildman–Crippen MR) is 69.2 cm³/mol. The van der Waals surface area contributed by atoms with Crippen molar-refractivity contribution in [2.45, 2.75) is 18.8 Å². The SMILES string of the molecule is C#Cc1ccc(F)c2c(C3CCC(=O)NC3=O)coc12. The number of halogens is 1. The zero-order valence-electron chi connectivity index (χ0n) is 10.4. The molecule has 4 nitrogen and oxygen atoms in total. The van der Waals surface area contributed by atoms with Crippen LogP contribution in [0.4, 0.5) is 4.39 Å². The van der Waals surface area contributed by atoms with Gasteiger partial charge in [0.15, 0.2) is 5.58 Å². The molecule has 1 N–H and O–H groups in total. The summed E-state index contributed by atoms with van der Waals surface area (Å²) in [4.78, 5) is 23.0. The number of hydrogen-bond donors (Lipinski definition) is 1. The first kappa shape index (κ1) is 12.4. The lowest BCUT2D eigenvalue weighted by atomic mass is 9.90. The van der Waals surface area contributed by atoms with Crippen molar-refractivity contribution in [3.63, 3.8) is 0 Å². The molecule has 1 unspecified atom stereocenters. The van der Waals surface area contributed by atoms with Gasteiger partial charge in [0.25, 0.3) is 0 Å². The molecule has 1 aromatic carbocycles. The summed E-state index contributed by atoms with van der Waals surface area (Å²) in [6, 6.07) is 2.71. The fourth-order valence-electron chi connectivity index (χ4n) is 2.49. The van der Waals surface area contributed by atoms with Crippen molar-refractivity contribution in [3.05, 3.63) is 35.3 Å². The van der Waals surface area contributed by atoms with Crippen molar-refractivity contribution in [2.75, 3.05) is 0 Å². The molecule has 3 rings (SSSR count). The summed E-state index contributed by atoms with van der Waals surface area (Å²) < 4.78 is 19.4. The van der Waals surface area contributed by atoms with Crippen molar-refractivity contribution in [1.82, 2.24) is 5.32 Å². The van der Waals surface area contributed by atoms with Gasteiger partial charge in [-0.25, -0.2) is 4.39 Å². The van der Waals surface area contributed by atoms with E-state index in [1.54, 1.807) is 0 Å². The number of carbonyl (C=O) groups excluding carboxylic acids is 2. The molecule has 100 valence electrons. The topological polar surface area (TPSA) is 59.3 Å². The maximum Gasteiger partial charge on any atom is 0.234 e. The Hall–Kier alpha value is -2.61. The van der Waals surface area contributed by atoms with Crippen molar-refractivity contribution in [2.24, 2.45) is 0 Å². The van der Waals surface area contributed by atoms with E-state index in [0.717, 1.165) is 0 Å². The molecule has 1 saturated heterocycles. The van der Waals surface area contributed by atoms with Gasteiger partial charge in [-0.15, -0.1) is 6.42 Å². The van der Waals surface area contributed by atoms with Crippen LogP contribution in [0.5, 0.6) is 0 Å². The van der Waals surface area contributed by atoms with Crippen molar-refractivity contribution in [1.29, 1.82) is 0 Å². The fraction of sp³-hybridized carbons (Fsp3) is 0.200. The number of imide groups is 1. The quantitative estimate of drug-likeness (QED) is 0.638. The molecule has 0 spiro atoms. The third-order valence-corrected chi connectivity index (χ3v) is 3.47. The van der Waals surface area contributed by atoms with E-state index in [0.29, 0.717) is 17.5 Å². The van der Waals surface area contributed by atoms with E-state index >= 15 is 0 Å². The molecule has 1 atom stereocenters. The summed E-state index contributed by atoms with van der Waals surface area (Å²) in [5.41, 5.74) is 1.12. The summed E-state index contributed by atoms with van der Waals surface area (Å²) in [6.45, 7) is 0. The first-order valence-electron chi connectivity index (χ1n) is 6.11. The molecule has 2 aromatic rings. The first-order chi connectivity index (χ1) is 9.61. The number of benzene rings is 1. The number of carbonyl (C=O) groups is 2. The van der Waals surface area contributed by atoms with Crippen LogP contribution >= 0.6 is 0 Å². The fourth-order valence-corrected chi connectivity index (χ4v) is 2.49. The van der Waals surface area contributed by atoms with E-state index < -0.39 is 17.6 Å². The standard InChI is InChI=1S/C15H10FNO3/c1-2-8-3-5-11(16)13-10(7-20-14(8)13)9-4-6-12(18)17-15(9)19/h1,3,5,7,9H,4,6H2,(H,17,18,19). The average Bonchev–Trinajstić information content (AvgIpc) is 2.85. The second-order valence-corrected chi connectivity index (χ2v) is 4.64. The summed E-state index contributed by atoms with van der Waals surface area (Å²) in [5, 5.41) is 2.47. The zero-order chi connectivity index (χ0) is 14.3. The van der Waals surface area contributed by atoms with Crippen LogP contribution in [0.1, 0.15) is 29.9 Å². The molecular weight excluding hydrogens is 261 g/mol. The van der Waals surface area contributed by atoms with Crippen molar-refractivity contribution >= 4 is 22.8 Å². The number of rotatable bonds is 1. The van der Waals surface area contributed by atoms with Gasteiger partial charge in [0.2, 0.25) is 11.8 Å². The van der Waals surface area contributed by atoms with Crippen LogP contribution in [0.2, 0.25) is 0 Å². The third-order valence-electron chi connectivity index (χ3n) is 3.47. The van der Waals surface area contributed by atoms with Gasteiger partial charge in [0.05, 0.1) is 23.1 Å². The number of hydrogen-bond acceptors (Lipinski definition) is 3. The lowest BCUT2D eigenvalue weighted by molar-refractivity contribution is -0.134. The molecule has 0 bridgehead atoms. The maximum absolute atomic E-state index is 14.0. The largest absolute Gasteiger partial charge is 0.463 e. The van der Waals surface area contributed by atoms with Crippen LogP contribution in [0.15, 0.2) is 22.8 Å². The van der Waals surface area contributed by atoms with Gasteiger partial charge in [-0.1, -0.05) is 5.92 Å². The molecule has 1 aromatic heterocycles. The second kappa shape index (κ2) is 4.49. The summed E-state index contributed by atoms with van der Waals surface area (Å²) in [7, 11) is 0. The van der Waals surface area contributed by atoms with Crippen LogP contribution in [-0.2, 0) is 9.59 Å². The van der Waals surface area contributed by atoms with Gasteiger partial charge >= 0.3 is 0 Å². The Labute approximate surface area is 113 Å². The maximum atomic E-state index is 14.0. The second-order valence-electron chi connectivity index (χ2n) is 4.64. The highest BCUT2D eigenvalue weighted by Gasteiger charge is 2.31. The lowest BCUT2D eigenvalue weighted by Crippen LogP contribution is -2.39. The number of fused-ring (bicyclic) bond motifs is 1. The number of nitrogens with one attached hydrogen (secondary N) is 1. The van der Waals surface area contributed by atoms with Gasteiger partial charge in [0.1, 0.15) is 5.82 Å². The van der Waals surface area contributed by atoms with E-state index in [1.165, 1.54) is 18.4 Å². The van der Waals surface area contributed by atoms with Gasteiger partial charge in [-0.3, -0.25) is 14.9 Å². The minimum Gasteiger partial charge on any atom is -0.463 e. The van der Waals surface area contributed by atoms with E-state index in [2.05, 4.69) is 11.2 Å². The molecule has 20 heavy (non-hydrogen) atoms. The first-order valence-corrected chi connectivity index (χ1v) is 6.11. The smallest absolute Gasteiger partial charge is 0.234 e. The summed E-state index contributed by atoms with van der Waals surface area (Å²) in [6.07, 6.45) is 7.24. The number of furan rings is 1. The Morgan fingerprint density at radius 2 is 2.20 bits per heavy atom. The molecule has 0 radical (unpaired) electrons. The molecule has 1 aliphatic heterocycles. The lowest BCUT2D eigenvalue weighted by Gasteiger charge is -2.19. The highest BCUT2D eigenvalue weighted by molar-refractivity contribution is 6.03. The monoisotopic (exact) mass is 271 g/mol. The molecule has 1 fully saturated rings. The van der Waals surface area contributed by atoms with Crippen LogP contribution in [0.25, 0.3) is 11.0 Å². The molecule has 2 amide bonds. The Morgan fingerprint density at radius 1 is 1.40 bits per heavy atom. The van der Waals surface area contributed by atoms with Crippen LogP contribution in [-0.4, -0.2) is 11.8 Å². The number of amides is 2. The normalized spacial score (nSPS) is 18.9. The van der Waals surface area contributed by atoms with Gasteiger partial charge in [-0.05, 0) is 18.6 Å². The minimum absolute atomic E-state index is 0.218. The van der Waals surface area contributed by atoms with E-state index in [4.69, 9.17) is 10.8 Å². The van der Waals surface area contributed by atoms with E-state index in [-0.39, 0.29) is 23.3 Å². The highest BCUT2D eigenvalue weighted by atomic mass is 19.1. The zero-order valence-corrected chi connectivity index (χ0v) is 10.4. The van der Waals surface area contributed by atoms with Crippen LogP contribution < -0.4 is 5.32 Å². The Morgan fingerprint density at radius 3 is 2.90 bits per heavy atom. The van der Waals surface area contributed by atoms with Crippen LogP contribution in [0, 0.1) is 18.2 Å². The van der Waals surface area contributed by atoms with E-state index in [9.17, 15) is 14.0 Å². The van der Waals surface area contributed by atoms with E-state index in [1.807, 2.05) is 0 Å². The highest BCUT2D eigenvalue weighted by Crippen LogP contribution is 2.35. The van der Waals surface area contributed by atoms with Gasteiger partial charge in [0, 0.05) is 12.0 Å². The minimum atomic E-state index is -0.600. The molecule has 1 aliphatic rings. The Kier molecular flexibility index (Phi) is 2.79. The Bertz CT molecular complexity index is 769. The molecule has 0 saturated carbocycles. The van der Waals surface area contributed by atoms with Crippen molar-refractivity contribution in [3.8, 4) is 12.3 Å².